The van der Waals surface area contributed by atoms with Crippen molar-refractivity contribution < 1.29 is 32.5 Å². The third-order valence-electron chi connectivity index (χ3n) is 4.82. The summed E-state index contributed by atoms with van der Waals surface area (Å²) >= 11 is 1.50. The van der Waals surface area contributed by atoms with Crippen molar-refractivity contribution in [3.8, 4) is 5.75 Å². The highest BCUT2D eigenvalue weighted by Crippen LogP contribution is 2.38. The Kier molecular flexibility index (Phi) is 6.03. The van der Waals surface area contributed by atoms with Gasteiger partial charge in [-0.25, -0.2) is 0 Å². The summed E-state index contributed by atoms with van der Waals surface area (Å²) in [5.74, 6) is -0.270. The van der Waals surface area contributed by atoms with Gasteiger partial charge in [-0.15, -0.1) is 24.9 Å². The molecule has 0 saturated carbocycles. The van der Waals surface area contributed by atoms with Crippen molar-refractivity contribution in [1.82, 2.24) is 5.32 Å². The van der Waals surface area contributed by atoms with Crippen LogP contribution in [-0.4, -0.2) is 47.9 Å². The Balaban J connectivity index is 1.39. The van der Waals surface area contributed by atoms with Crippen LogP contribution in [0.3, 0.4) is 0 Å². The maximum Gasteiger partial charge on any atom is 0.573 e. The molecule has 4 rings (SSSR count). The number of rotatable bonds is 6. The van der Waals surface area contributed by atoms with Crippen LogP contribution >= 0.6 is 11.8 Å². The lowest BCUT2D eigenvalue weighted by atomic mass is 9.99. The summed E-state index contributed by atoms with van der Waals surface area (Å²) in [6.45, 7) is 0.741. The van der Waals surface area contributed by atoms with Crippen LogP contribution in [0.4, 0.5) is 13.2 Å². The van der Waals surface area contributed by atoms with Gasteiger partial charge in [0.25, 0.3) is 0 Å². The van der Waals surface area contributed by atoms with Crippen molar-refractivity contribution in [2.45, 2.75) is 47.6 Å². The lowest BCUT2D eigenvalue weighted by molar-refractivity contribution is -0.274. The number of alkyl halides is 3. The molecule has 2 saturated heterocycles. The molecular weight excluding hydrogens is 407 g/mol. The van der Waals surface area contributed by atoms with E-state index in [1.165, 1.54) is 23.9 Å². The van der Waals surface area contributed by atoms with Gasteiger partial charge < -0.3 is 24.6 Å². The third kappa shape index (κ3) is 5.04. The molecule has 2 N–H and O–H groups in total. The molecule has 5 nitrogen and oxygen atoms in total. The second kappa shape index (κ2) is 8.53. The molecule has 5 unspecified atom stereocenters. The van der Waals surface area contributed by atoms with Crippen LogP contribution in [0.5, 0.6) is 5.75 Å². The van der Waals surface area contributed by atoms with Crippen LogP contribution < -0.4 is 10.1 Å². The fourth-order valence-electron chi connectivity index (χ4n) is 3.46. The van der Waals surface area contributed by atoms with E-state index in [-0.39, 0.29) is 23.1 Å². The first kappa shape index (κ1) is 20.5. The molecule has 156 valence electrons. The number of nitrogens with one attached hydrogen (secondary N) is 1. The molecule has 0 aromatic heterocycles. The highest BCUT2D eigenvalue weighted by Gasteiger charge is 2.50. The van der Waals surface area contributed by atoms with E-state index < -0.39 is 18.8 Å². The van der Waals surface area contributed by atoms with Gasteiger partial charge in [-0.2, -0.15) is 0 Å². The smallest absolute Gasteiger partial charge is 0.406 e. The molecule has 2 aliphatic heterocycles. The van der Waals surface area contributed by atoms with E-state index in [0.29, 0.717) is 13.2 Å². The van der Waals surface area contributed by atoms with Crippen LogP contribution in [0.15, 0.2) is 59.5 Å². The number of hydrogen-bond acceptors (Lipinski definition) is 6. The average molecular weight is 427 g/mol. The van der Waals surface area contributed by atoms with E-state index >= 15 is 0 Å². The zero-order valence-electron chi connectivity index (χ0n) is 15.2. The lowest BCUT2D eigenvalue weighted by Gasteiger charge is -2.38. The van der Waals surface area contributed by atoms with E-state index in [1.54, 1.807) is 12.1 Å². The number of halogens is 3. The molecule has 0 aliphatic carbocycles. The van der Waals surface area contributed by atoms with Crippen molar-refractivity contribution in [2.75, 3.05) is 6.61 Å². The number of benzene rings is 2. The number of aliphatic hydroxyl groups is 1. The Morgan fingerprint density at radius 2 is 1.83 bits per heavy atom. The van der Waals surface area contributed by atoms with Gasteiger partial charge >= 0.3 is 6.36 Å². The van der Waals surface area contributed by atoms with Gasteiger partial charge in [0, 0.05) is 11.4 Å². The minimum Gasteiger partial charge on any atom is -0.406 e. The van der Waals surface area contributed by atoms with Gasteiger partial charge in [0.1, 0.15) is 11.9 Å². The largest absolute Gasteiger partial charge is 0.573 e. The van der Waals surface area contributed by atoms with Gasteiger partial charge in [-0.3, -0.25) is 0 Å². The van der Waals surface area contributed by atoms with Crippen LogP contribution in [0.2, 0.25) is 0 Å². The summed E-state index contributed by atoms with van der Waals surface area (Å²) in [5, 5.41) is 13.9. The molecule has 9 heteroatoms. The van der Waals surface area contributed by atoms with Crippen molar-refractivity contribution in [1.29, 1.82) is 0 Å². The summed E-state index contributed by atoms with van der Waals surface area (Å²) in [7, 11) is 0. The van der Waals surface area contributed by atoms with E-state index in [2.05, 4.69) is 10.1 Å². The highest BCUT2D eigenvalue weighted by molar-refractivity contribution is 8.00. The van der Waals surface area contributed by atoms with Crippen LogP contribution in [0.25, 0.3) is 0 Å². The minimum atomic E-state index is -4.71. The molecule has 29 heavy (non-hydrogen) atoms. The maximum atomic E-state index is 12.3. The Morgan fingerprint density at radius 1 is 1.10 bits per heavy atom. The van der Waals surface area contributed by atoms with Gasteiger partial charge in [0.05, 0.1) is 24.0 Å². The van der Waals surface area contributed by atoms with E-state index in [9.17, 15) is 18.3 Å². The van der Waals surface area contributed by atoms with Gasteiger partial charge in [0.15, 0.2) is 6.29 Å². The fourth-order valence-corrected chi connectivity index (χ4v) is 4.66. The predicted octanol–water partition coefficient (Wildman–Crippen LogP) is 3.32. The number of ether oxygens (including phenoxy) is 3. The monoisotopic (exact) mass is 427 g/mol. The summed E-state index contributed by atoms with van der Waals surface area (Å²) in [6.07, 6.45) is -6.18. The standard InChI is InChI=1S/C20H20F3NO4S/c21-20(22,23)28-13-8-6-12(7-9-13)10-24-16-15-11-26-19(27-15)18(17(16)25)29-14-4-2-1-3-5-14/h1-9,15-19,24-25H,10-11H2. The van der Waals surface area contributed by atoms with Crippen LogP contribution in [0, 0.1) is 0 Å². The molecule has 2 aromatic rings. The van der Waals surface area contributed by atoms with Crippen LogP contribution in [-0.2, 0) is 16.0 Å². The van der Waals surface area contributed by atoms with Gasteiger partial charge in [0.2, 0.25) is 0 Å². The molecule has 5 atom stereocenters. The highest BCUT2D eigenvalue weighted by atomic mass is 32.2. The number of aliphatic hydroxyl groups excluding tert-OH is 1. The van der Waals surface area contributed by atoms with E-state index in [0.717, 1.165) is 10.5 Å². The first-order valence-electron chi connectivity index (χ1n) is 9.14. The fraction of sp³-hybridized carbons (Fsp3) is 0.400. The van der Waals surface area contributed by atoms with Gasteiger partial charge in [-0.05, 0) is 29.8 Å². The Labute approximate surface area is 170 Å². The second-order valence-electron chi connectivity index (χ2n) is 6.86. The first-order chi connectivity index (χ1) is 13.9. The average Bonchev–Trinajstić information content (AvgIpc) is 3.12. The van der Waals surface area contributed by atoms with E-state index in [1.807, 2.05) is 30.3 Å². The number of thioether (sulfide) groups is 1. The molecule has 2 aromatic carbocycles. The van der Waals surface area contributed by atoms with Crippen molar-refractivity contribution in [3.05, 3.63) is 60.2 Å². The van der Waals surface area contributed by atoms with Crippen molar-refractivity contribution in [2.24, 2.45) is 0 Å². The normalized spacial score (nSPS) is 29.0. The topological polar surface area (TPSA) is 60.0 Å². The van der Waals surface area contributed by atoms with Crippen molar-refractivity contribution >= 4 is 11.8 Å². The van der Waals surface area contributed by atoms with Gasteiger partial charge in [-0.1, -0.05) is 30.3 Å². The van der Waals surface area contributed by atoms with E-state index in [4.69, 9.17) is 9.47 Å². The first-order valence-corrected chi connectivity index (χ1v) is 10.0. The predicted molar refractivity (Wildman–Crippen MR) is 100 cm³/mol. The SMILES string of the molecule is OC1C(NCc2ccc(OC(F)(F)F)cc2)C2COC(O2)C1Sc1ccccc1. The minimum absolute atomic E-state index is 0.270. The Hall–Kier alpha value is -1.78. The molecule has 2 bridgehead atoms. The summed E-state index contributed by atoms with van der Waals surface area (Å²) < 4.78 is 52.3. The zero-order chi connectivity index (χ0) is 20.4. The van der Waals surface area contributed by atoms with Crippen LogP contribution in [0.1, 0.15) is 5.56 Å². The second-order valence-corrected chi connectivity index (χ2v) is 8.11. The molecule has 2 fully saturated rings. The molecule has 0 spiro atoms. The zero-order valence-corrected chi connectivity index (χ0v) is 16.0. The summed E-state index contributed by atoms with van der Waals surface area (Å²) in [5.41, 5.74) is 0.764. The quantitative estimate of drug-likeness (QED) is 0.738. The Morgan fingerprint density at radius 3 is 2.52 bits per heavy atom. The number of fused-ring (bicyclic) bond motifs is 2. The molecular formula is C20H20F3NO4S. The van der Waals surface area contributed by atoms with Crippen molar-refractivity contribution in [3.63, 3.8) is 0 Å². The molecule has 2 heterocycles. The summed E-state index contributed by atoms with van der Waals surface area (Å²) in [4.78, 5) is 1.01. The molecule has 2 aliphatic rings. The third-order valence-corrected chi connectivity index (χ3v) is 6.14. The Bertz CT molecular complexity index is 806. The summed E-state index contributed by atoms with van der Waals surface area (Å²) in [6, 6.07) is 15.0. The number of hydrogen-bond donors (Lipinski definition) is 2. The molecule has 0 amide bonds. The molecule has 0 radical (unpaired) electrons. The lowest BCUT2D eigenvalue weighted by Crippen LogP contribution is -2.58. The maximum absolute atomic E-state index is 12.3.